The van der Waals surface area contributed by atoms with Gasteiger partial charge in [-0.1, -0.05) is 6.07 Å². The van der Waals surface area contributed by atoms with Gasteiger partial charge >= 0.3 is 0 Å². The molecule has 0 aliphatic heterocycles. The number of nitrogens with zero attached hydrogens (tertiary/aromatic N) is 1. The lowest BCUT2D eigenvalue weighted by Crippen LogP contribution is -2.26. The molecule has 0 amide bonds. The fraction of sp³-hybridized carbons (Fsp3) is 0.286. The van der Waals surface area contributed by atoms with Crippen LogP contribution in [0.15, 0.2) is 34.5 Å². The van der Waals surface area contributed by atoms with Gasteiger partial charge in [0.1, 0.15) is 0 Å². The molecule has 3 nitrogen and oxygen atoms in total. The molecule has 0 N–H and O–H groups in total. The number of sulfonamides is 1. The van der Waals surface area contributed by atoms with E-state index in [1.807, 2.05) is 32.0 Å². The number of hydrogen-bond acceptors (Lipinski definition) is 3. The Balaban J connectivity index is 2.42. The van der Waals surface area contributed by atoms with Crippen molar-refractivity contribution in [3.8, 4) is 0 Å². The van der Waals surface area contributed by atoms with E-state index in [-0.39, 0.29) is 0 Å². The first-order valence-corrected chi connectivity index (χ1v) is 8.90. The highest BCUT2D eigenvalue weighted by atomic mass is 35.5. The summed E-state index contributed by atoms with van der Waals surface area (Å²) in [5, 5.41) is 1.63. The maximum Gasteiger partial charge on any atom is 0.264 e. The van der Waals surface area contributed by atoms with Crippen molar-refractivity contribution in [2.45, 2.75) is 24.6 Å². The zero-order chi connectivity index (χ0) is 14.9. The van der Waals surface area contributed by atoms with E-state index in [0.29, 0.717) is 16.5 Å². The molecular weight excluding hydrogens is 314 g/mol. The van der Waals surface area contributed by atoms with Crippen LogP contribution >= 0.6 is 22.9 Å². The normalized spacial score (nSPS) is 11.6. The van der Waals surface area contributed by atoms with Gasteiger partial charge in [-0.3, -0.25) is 4.31 Å². The number of alkyl halides is 1. The van der Waals surface area contributed by atoms with Crippen molar-refractivity contribution < 1.29 is 8.42 Å². The number of hydrogen-bond donors (Lipinski definition) is 0. The van der Waals surface area contributed by atoms with Crippen LogP contribution in [0, 0.1) is 13.8 Å². The van der Waals surface area contributed by atoms with E-state index in [4.69, 9.17) is 11.6 Å². The standard InChI is InChI=1S/C14H16ClNO2S2/c1-10-4-11(2)6-12(5-10)16(3)20(17,18)14-7-13(8-15)19-9-14/h4-7,9H,8H2,1-3H3. The number of halogens is 1. The Morgan fingerprint density at radius 2 is 1.75 bits per heavy atom. The number of thiophene rings is 1. The maximum absolute atomic E-state index is 12.6. The predicted octanol–water partition coefficient (Wildman–Crippen LogP) is 3.93. The van der Waals surface area contributed by atoms with Gasteiger partial charge < -0.3 is 0 Å². The maximum atomic E-state index is 12.6. The summed E-state index contributed by atoms with van der Waals surface area (Å²) < 4.78 is 26.5. The summed E-state index contributed by atoms with van der Waals surface area (Å²) >= 11 is 7.09. The summed E-state index contributed by atoms with van der Waals surface area (Å²) in [5.74, 6) is 0.327. The van der Waals surface area contributed by atoms with Crippen LogP contribution in [0.2, 0.25) is 0 Å². The minimum absolute atomic E-state index is 0.291. The second kappa shape index (κ2) is 5.76. The van der Waals surface area contributed by atoms with E-state index in [9.17, 15) is 8.42 Å². The van der Waals surface area contributed by atoms with Gasteiger partial charge in [-0.25, -0.2) is 8.42 Å². The van der Waals surface area contributed by atoms with Crippen molar-refractivity contribution in [3.05, 3.63) is 45.6 Å². The Morgan fingerprint density at radius 3 is 2.25 bits per heavy atom. The molecule has 0 atom stereocenters. The van der Waals surface area contributed by atoms with Crippen LogP contribution in [0.4, 0.5) is 5.69 Å². The lowest BCUT2D eigenvalue weighted by atomic mass is 10.1. The largest absolute Gasteiger partial charge is 0.269 e. The summed E-state index contributed by atoms with van der Waals surface area (Å²) in [6.45, 7) is 3.90. The Bertz CT molecular complexity index is 702. The molecule has 0 saturated heterocycles. The van der Waals surface area contributed by atoms with Crippen LogP contribution in [0.25, 0.3) is 0 Å². The second-order valence-electron chi connectivity index (χ2n) is 4.70. The van der Waals surface area contributed by atoms with Gasteiger partial charge in [0, 0.05) is 17.3 Å². The molecule has 0 radical (unpaired) electrons. The van der Waals surface area contributed by atoms with Gasteiger partial charge in [0.2, 0.25) is 0 Å². The lowest BCUT2D eigenvalue weighted by Gasteiger charge is -2.19. The Morgan fingerprint density at radius 1 is 1.15 bits per heavy atom. The van der Waals surface area contributed by atoms with E-state index in [2.05, 4.69) is 0 Å². The molecule has 2 rings (SSSR count). The van der Waals surface area contributed by atoms with E-state index < -0.39 is 10.0 Å². The van der Waals surface area contributed by atoms with Crippen molar-refractivity contribution in [1.82, 2.24) is 0 Å². The van der Waals surface area contributed by atoms with Gasteiger partial charge in [-0.2, -0.15) is 0 Å². The summed E-state index contributed by atoms with van der Waals surface area (Å²) in [7, 11) is -1.96. The number of rotatable bonds is 4. The van der Waals surface area contributed by atoms with Crippen LogP contribution in [0.3, 0.4) is 0 Å². The van der Waals surface area contributed by atoms with Crippen LogP contribution in [-0.2, 0) is 15.9 Å². The molecule has 0 spiro atoms. The molecule has 1 aromatic carbocycles. The Hall–Kier alpha value is -1.04. The molecular formula is C14H16ClNO2S2. The van der Waals surface area contributed by atoms with Crippen molar-refractivity contribution in [3.63, 3.8) is 0 Å². The quantitative estimate of drug-likeness (QED) is 0.797. The monoisotopic (exact) mass is 329 g/mol. The van der Waals surface area contributed by atoms with E-state index >= 15 is 0 Å². The average Bonchev–Trinajstić information content (AvgIpc) is 2.86. The van der Waals surface area contributed by atoms with Crippen molar-refractivity contribution in [1.29, 1.82) is 0 Å². The third-order valence-corrected chi connectivity index (χ3v) is 6.29. The number of aryl methyl sites for hydroxylation is 2. The van der Waals surface area contributed by atoms with Crippen LogP contribution in [0.5, 0.6) is 0 Å². The lowest BCUT2D eigenvalue weighted by molar-refractivity contribution is 0.594. The van der Waals surface area contributed by atoms with E-state index in [1.54, 1.807) is 18.5 Å². The molecule has 20 heavy (non-hydrogen) atoms. The summed E-state index contributed by atoms with van der Waals surface area (Å²) in [4.78, 5) is 1.14. The van der Waals surface area contributed by atoms with Crippen LogP contribution < -0.4 is 4.31 Å². The highest BCUT2D eigenvalue weighted by Crippen LogP contribution is 2.27. The fourth-order valence-corrected chi connectivity index (χ4v) is 4.55. The zero-order valence-corrected chi connectivity index (χ0v) is 13.9. The van der Waals surface area contributed by atoms with E-state index in [0.717, 1.165) is 16.0 Å². The van der Waals surface area contributed by atoms with Crippen molar-refractivity contribution in [2.24, 2.45) is 0 Å². The van der Waals surface area contributed by atoms with Gasteiger partial charge in [-0.05, 0) is 43.2 Å². The first-order chi connectivity index (χ1) is 9.34. The van der Waals surface area contributed by atoms with Gasteiger partial charge in [0.05, 0.1) is 16.5 Å². The predicted molar refractivity (Wildman–Crippen MR) is 85.4 cm³/mol. The van der Waals surface area contributed by atoms with Crippen molar-refractivity contribution in [2.75, 3.05) is 11.4 Å². The summed E-state index contributed by atoms with van der Waals surface area (Å²) in [5.41, 5.74) is 2.74. The molecule has 0 unspecified atom stereocenters. The Labute approximate surface area is 128 Å². The molecule has 0 aliphatic rings. The van der Waals surface area contributed by atoms with Crippen LogP contribution in [-0.4, -0.2) is 15.5 Å². The second-order valence-corrected chi connectivity index (χ2v) is 7.93. The van der Waals surface area contributed by atoms with Gasteiger partial charge in [0.25, 0.3) is 10.0 Å². The molecule has 0 fully saturated rings. The Kier molecular flexibility index (Phi) is 4.42. The third kappa shape index (κ3) is 3.00. The SMILES string of the molecule is Cc1cc(C)cc(N(C)S(=O)(=O)c2csc(CCl)c2)c1. The molecule has 1 heterocycles. The highest BCUT2D eigenvalue weighted by molar-refractivity contribution is 7.93. The minimum atomic E-state index is -3.53. The average molecular weight is 330 g/mol. The molecule has 0 aliphatic carbocycles. The number of benzene rings is 1. The van der Waals surface area contributed by atoms with Gasteiger partial charge in [0.15, 0.2) is 0 Å². The molecule has 2 aromatic rings. The fourth-order valence-electron chi connectivity index (χ4n) is 2.00. The van der Waals surface area contributed by atoms with Crippen molar-refractivity contribution >= 4 is 38.6 Å². The van der Waals surface area contributed by atoms with Gasteiger partial charge in [-0.15, -0.1) is 22.9 Å². The summed E-state index contributed by atoms with van der Waals surface area (Å²) in [6, 6.07) is 7.37. The highest BCUT2D eigenvalue weighted by Gasteiger charge is 2.23. The van der Waals surface area contributed by atoms with Crippen LogP contribution in [0.1, 0.15) is 16.0 Å². The first-order valence-electron chi connectivity index (χ1n) is 6.05. The number of anilines is 1. The molecule has 6 heteroatoms. The van der Waals surface area contributed by atoms with E-state index in [1.165, 1.54) is 15.6 Å². The zero-order valence-electron chi connectivity index (χ0n) is 11.6. The topological polar surface area (TPSA) is 37.4 Å². The minimum Gasteiger partial charge on any atom is -0.269 e. The third-order valence-electron chi connectivity index (χ3n) is 2.99. The molecule has 1 aromatic heterocycles. The molecule has 108 valence electrons. The first kappa shape index (κ1) is 15.4. The molecule has 0 saturated carbocycles. The smallest absolute Gasteiger partial charge is 0.264 e. The summed E-state index contributed by atoms with van der Waals surface area (Å²) in [6.07, 6.45) is 0. The molecule has 0 bridgehead atoms.